The monoisotopic (exact) mass is 579 g/mol. The smallest absolute Gasteiger partial charge is 0.245 e. The molecule has 0 saturated carbocycles. The van der Waals surface area contributed by atoms with Crippen LogP contribution in [0.4, 0.5) is 0 Å². The van der Waals surface area contributed by atoms with Crippen LogP contribution < -0.4 is 10.5 Å². The Hall–Kier alpha value is -3.80. The highest BCUT2D eigenvalue weighted by Gasteiger charge is 2.38. The third kappa shape index (κ3) is 7.10. The van der Waals surface area contributed by atoms with Crippen LogP contribution >= 0.6 is 0 Å². The molecule has 11 heteroatoms. The second-order valence-corrected chi connectivity index (χ2v) is 12.2. The van der Waals surface area contributed by atoms with E-state index >= 15 is 0 Å². The third-order valence-corrected chi connectivity index (χ3v) is 8.96. The molecule has 3 aromatic rings. The number of aliphatic hydroxyl groups is 1. The second-order valence-electron chi connectivity index (χ2n) is 10.5. The van der Waals surface area contributed by atoms with Crippen molar-refractivity contribution in [2.45, 2.75) is 55.7 Å². The van der Waals surface area contributed by atoms with Crippen LogP contribution in [-0.4, -0.2) is 79.3 Å². The minimum atomic E-state index is -4.20. The number of hydrogen-bond donors (Lipinski definition) is 4. The van der Waals surface area contributed by atoms with E-state index in [0.717, 1.165) is 35.6 Å². The van der Waals surface area contributed by atoms with Gasteiger partial charge in [0.25, 0.3) is 0 Å². The average molecular weight is 580 g/mol. The molecule has 1 fully saturated rings. The summed E-state index contributed by atoms with van der Waals surface area (Å²) in [6, 6.07) is 16.4. The van der Waals surface area contributed by atoms with Gasteiger partial charge in [-0.1, -0.05) is 54.6 Å². The standard InChI is InChI=1S/C30H37N5O5S/c1-20(36)27(33-41(39,40)25-15-14-22-8-4-5-9-24(22)19-25)30(38)34(2)26(29(37)35-16-6-3-7-17-35)18-21-10-12-23(13-11-21)28(31)32/h4-5,8-15,19-20,26-27,33,36H,3,6-7,16-18H2,1-2H3,(H3,31,32)/t20-,26+,27+/m1/s1. The number of likely N-dealkylation sites (tertiary alicyclic amines) is 1. The Labute approximate surface area is 240 Å². The molecule has 4 rings (SSSR count). The van der Waals surface area contributed by atoms with Gasteiger partial charge in [-0.3, -0.25) is 15.0 Å². The number of carbonyl (C=O) groups is 2. The molecule has 1 heterocycles. The van der Waals surface area contributed by atoms with Crippen molar-refractivity contribution >= 4 is 38.4 Å². The Bertz CT molecular complexity index is 1520. The van der Waals surface area contributed by atoms with Gasteiger partial charge in [-0.2, -0.15) is 4.72 Å². The van der Waals surface area contributed by atoms with Gasteiger partial charge in [0.1, 0.15) is 17.9 Å². The number of amidine groups is 1. The summed E-state index contributed by atoms with van der Waals surface area (Å²) in [6.07, 6.45) is 1.55. The molecule has 3 aromatic carbocycles. The maximum atomic E-state index is 13.8. The summed E-state index contributed by atoms with van der Waals surface area (Å²) < 4.78 is 29.1. The SMILES string of the molecule is C[C@@H](O)[C@H](NS(=O)(=O)c1ccc2ccccc2c1)C(=O)N(C)[C@@H](Cc1ccc(C(=N)N)cc1)C(=O)N1CCCCC1. The fraction of sp³-hybridized carbons (Fsp3) is 0.367. The van der Waals surface area contributed by atoms with Gasteiger partial charge in [0.15, 0.2) is 0 Å². The summed E-state index contributed by atoms with van der Waals surface area (Å²) in [4.78, 5) is 30.4. The van der Waals surface area contributed by atoms with Crippen molar-refractivity contribution in [3.05, 3.63) is 77.9 Å². The van der Waals surface area contributed by atoms with Crippen molar-refractivity contribution in [2.75, 3.05) is 20.1 Å². The Morgan fingerprint density at radius 2 is 1.66 bits per heavy atom. The van der Waals surface area contributed by atoms with Gasteiger partial charge in [-0.15, -0.1) is 0 Å². The summed E-state index contributed by atoms with van der Waals surface area (Å²) in [7, 11) is -2.74. The molecule has 2 amide bonds. The zero-order valence-electron chi connectivity index (χ0n) is 23.3. The number of hydrogen-bond acceptors (Lipinski definition) is 6. The molecular weight excluding hydrogens is 542 g/mol. The predicted molar refractivity (Wildman–Crippen MR) is 158 cm³/mol. The zero-order chi connectivity index (χ0) is 29.7. The molecular formula is C30H37N5O5S. The number of nitrogens with two attached hydrogens (primary N) is 1. The molecule has 1 aliphatic heterocycles. The fourth-order valence-electron chi connectivity index (χ4n) is 5.06. The molecule has 3 atom stereocenters. The lowest BCUT2D eigenvalue weighted by Crippen LogP contribution is -2.58. The van der Waals surface area contributed by atoms with Gasteiger partial charge >= 0.3 is 0 Å². The van der Waals surface area contributed by atoms with Crippen molar-refractivity contribution < 1.29 is 23.1 Å². The second kappa shape index (κ2) is 12.8. The number of sulfonamides is 1. The van der Waals surface area contributed by atoms with Gasteiger partial charge in [-0.25, -0.2) is 8.42 Å². The van der Waals surface area contributed by atoms with Crippen LogP contribution in [0.2, 0.25) is 0 Å². The number of fused-ring (bicyclic) bond motifs is 1. The molecule has 0 radical (unpaired) electrons. The van der Waals surface area contributed by atoms with Gasteiger partial charge in [-0.05, 0) is 54.7 Å². The summed E-state index contributed by atoms with van der Waals surface area (Å²) >= 11 is 0. The number of piperidine rings is 1. The molecule has 1 aliphatic rings. The van der Waals surface area contributed by atoms with E-state index < -0.39 is 34.1 Å². The molecule has 218 valence electrons. The number of benzene rings is 3. The number of likely N-dealkylation sites (N-methyl/N-ethyl adjacent to an activating group) is 1. The lowest BCUT2D eigenvalue weighted by Gasteiger charge is -2.36. The molecule has 0 aromatic heterocycles. The van der Waals surface area contributed by atoms with E-state index in [1.807, 2.05) is 12.1 Å². The number of nitrogens with zero attached hydrogens (tertiary/aromatic N) is 2. The average Bonchev–Trinajstić information content (AvgIpc) is 2.98. The van der Waals surface area contributed by atoms with Crippen LogP contribution in [0.25, 0.3) is 10.8 Å². The van der Waals surface area contributed by atoms with Crippen molar-refractivity contribution in [1.29, 1.82) is 5.41 Å². The number of nitrogen functional groups attached to an aromatic ring is 1. The molecule has 10 nitrogen and oxygen atoms in total. The zero-order valence-corrected chi connectivity index (χ0v) is 24.1. The number of rotatable bonds is 10. The van der Waals surface area contributed by atoms with Crippen LogP contribution in [0.15, 0.2) is 71.6 Å². The van der Waals surface area contributed by atoms with Crippen molar-refractivity contribution in [2.24, 2.45) is 5.73 Å². The van der Waals surface area contributed by atoms with Crippen LogP contribution in [0, 0.1) is 5.41 Å². The first-order valence-corrected chi connectivity index (χ1v) is 15.1. The summed E-state index contributed by atoms with van der Waals surface area (Å²) in [5, 5.41) is 19.8. The van der Waals surface area contributed by atoms with Gasteiger partial charge in [0.05, 0.1) is 11.0 Å². The molecule has 41 heavy (non-hydrogen) atoms. The maximum absolute atomic E-state index is 13.8. The maximum Gasteiger partial charge on any atom is 0.245 e. The van der Waals surface area contributed by atoms with Gasteiger partial charge < -0.3 is 20.6 Å². The van der Waals surface area contributed by atoms with E-state index in [1.165, 1.54) is 31.0 Å². The Morgan fingerprint density at radius 3 is 2.27 bits per heavy atom. The Morgan fingerprint density at radius 1 is 1.02 bits per heavy atom. The lowest BCUT2D eigenvalue weighted by atomic mass is 9.99. The first-order chi connectivity index (χ1) is 19.5. The van der Waals surface area contributed by atoms with E-state index in [-0.39, 0.29) is 23.1 Å². The largest absolute Gasteiger partial charge is 0.391 e. The van der Waals surface area contributed by atoms with E-state index in [9.17, 15) is 23.1 Å². The van der Waals surface area contributed by atoms with Crippen LogP contribution in [0.5, 0.6) is 0 Å². The molecule has 0 aliphatic carbocycles. The highest BCUT2D eigenvalue weighted by molar-refractivity contribution is 7.89. The number of carbonyl (C=O) groups excluding carboxylic acids is 2. The van der Waals surface area contributed by atoms with Crippen LogP contribution in [-0.2, 0) is 26.0 Å². The molecule has 5 N–H and O–H groups in total. The van der Waals surface area contributed by atoms with Gasteiger partial charge in [0.2, 0.25) is 21.8 Å². The minimum absolute atomic E-state index is 0.0381. The fourth-order valence-corrected chi connectivity index (χ4v) is 6.35. The van der Waals surface area contributed by atoms with E-state index in [2.05, 4.69) is 4.72 Å². The third-order valence-electron chi connectivity index (χ3n) is 7.52. The highest BCUT2D eigenvalue weighted by atomic mass is 32.2. The molecule has 1 saturated heterocycles. The summed E-state index contributed by atoms with van der Waals surface area (Å²) in [5.41, 5.74) is 6.85. The first-order valence-electron chi connectivity index (χ1n) is 13.7. The quantitative estimate of drug-likeness (QED) is 0.213. The van der Waals surface area contributed by atoms with E-state index in [0.29, 0.717) is 18.7 Å². The van der Waals surface area contributed by atoms with Crippen molar-refractivity contribution in [3.63, 3.8) is 0 Å². The lowest BCUT2D eigenvalue weighted by molar-refractivity contribution is -0.147. The van der Waals surface area contributed by atoms with Crippen molar-refractivity contribution in [3.8, 4) is 0 Å². The van der Waals surface area contributed by atoms with E-state index in [1.54, 1.807) is 47.4 Å². The summed E-state index contributed by atoms with van der Waals surface area (Å²) in [5.74, 6) is -1.04. The number of nitrogens with one attached hydrogen (secondary N) is 2. The number of aliphatic hydroxyl groups excluding tert-OH is 1. The first kappa shape index (κ1) is 30.2. The topological polar surface area (TPSA) is 157 Å². The molecule has 0 bridgehead atoms. The Kier molecular flexibility index (Phi) is 9.42. The normalized spacial score (nSPS) is 16.1. The van der Waals surface area contributed by atoms with Crippen LogP contribution in [0.1, 0.15) is 37.3 Å². The predicted octanol–water partition coefficient (Wildman–Crippen LogP) is 2.23. The highest BCUT2D eigenvalue weighted by Crippen LogP contribution is 2.21. The van der Waals surface area contributed by atoms with Gasteiger partial charge in [0, 0.05) is 32.1 Å². The molecule has 0 unspecified atom stereocenters. The van der Waals surface area contributed by atoms with E-state index in [4.69, 9.17) is 11.1 Å². The van der Waals surface area contributed by atoms with Crippen molar-refractivity contribution in [1.82, 2.24) is 14.5 Å². The molecule has 0 spiro atoms. The minimum Gasteiger partial charge on any atom is -0.391 e. The summed E-state index contributed by atoms with van der Waals surface area (Å²) in [6.45, 7) is 2.49. The Balaban J connectivity index is 1.61. The van der Waals surface area contributed by atoms with Crippen LogP contribution in [0.3, 0.4) is 0 Å². The number of amides is 2.